The van der Waals surface area contributed by atoms with Crippen molar-refractivity contribution in [1.29, 1.82) is 0 Å². The van der Waals surface area contributed by atoms with E-state index in [0.717, 1.165) is 49.5 Å². The number of benzene rings is 1. The fourth-order valence-electron chi connectivity index (χ4n) is 3.09. The number of nitrogens with zero attached hydrogens (tertiary/aromatic N) is 1. The summed E-state index contributed by atoms with van der Waals surface area (Å²) in [5.74, 6) is 1.07. The summed E-state index contributed by atoms with van der Waals surface area (Å²) in [6.45, 7) is 3.43. The number of hydrogen-bond acceptors (Lipinski definition) is 3. The third-order valence-corrected chi connectivity index (χ3v) is 4.66. The fraction of sp³-hybridized carbons (Fsp3) is 0.611. The third-order valence-electron chi connectivity index (χ3n) is 4.66. The second-order valence-electron chi connectivity index (χ2n) is 6.55. The van der Waals surface area contributed by atoms with Crippen LogP contribution in [0.3, 0.4) is 0 Å². The molecule has 1 amide bonds. The van der Waals surface area contributed by atoms with E-state index in [0.29, 0.717) is 12.6 Å². The molecule has 2 fully saturated rings. The van der Waals surface area contributed by atoms with Crippen LogP contribution in [0.25, 0.3) is 0 Å². The lowest BCUT2D eigenvalue weighted by molar-refractivity contribution is 0.0704. The van der Waals surface area contributed by atoms with Crippen LogP contribution in [-0.2, 0) is 11.3 Å². The third kappa shape index (κ3) is 4.08. The smallest absolute Gasteiger partial charge is 0.253 e. The number of piperidine rings is 1. The Labute approximate surface area is 132 Å². The van der Waals surface area contributed by atoms with Crippen LogP contribution in [0.5, 0.6) is 0 Å². The van der Waals surface area contributed by atoms with Crippen LogP contribution in [0.15, 0.2) is 24.3 Å². The first kappa shape index (κ1) is 15.5. The van der Waals surface area contributed by atoms with Crippen LogP contribution < -0.4 is 5.32 Å². The van der Waals surface area contributed by atoms with E-state index in [-0.39, 0.29) is 5.91 Å². The molecule has 0 unspecified atom stereocenters. The van der Waals surface area contributed by atoms with Crippen LogP contribution in [-0.4, -0.2) is 43.6 Å². The highest BCUT2D eigenvalue weighted by Gasteiger charge is 2.26. The van der Waals surface area contributed by atoms with Crippen LogP contribution in [0.1, 0.15) is 41.6 Å². The van der Waals surface area contributed by atoms with Crippen molar-refractivity contribution in [1.82, 2.24) is 10.2 Å². The Morgan fingerprint density at radius 3 is 2.73 bits per heavy atom. The van der Waals surface area contributed by atoms with Crippen molar-refractivity contribution in [3.8, 4) is 0 Å². The SMILES string of the molecule is COCc1cccc(C(=O)N2CCC(NCC3CC3)CC2)c1. The summed E-state index contributed by atoms with van der Waals surface area (Å²) in [7, 11) is 1.67. The summed E-state index contributed by atoms with van der Waals surface area (Å²) in [5, 5.41) is 3.65. The van der Waals surface area contributed by atoms with Gasteiger partial charge in [-0.05, 0) is 55.8 Å². The van der Waals surface area contributed by atoms with E-state index >= 15 is 0 Å². The molecule has 22 heavy (non-hydrogen) atoms. The van der Waals surface area contributed by atoms with Gasteiger partial charge in [-0.1, -0.05) is 12.1 Å². The van der Waals surface area contributed by atoms with Gasteiger partial charge in [-0.25, -0.2) is 0 Å². The van der Waals surface area contributed by atoms with Crippen LogP contribution >= 0.6 is 0 Å². The fourth-order valence-corrected chi connectivity index (χ4v) is 3.09. The lowest BCUT2D eigenvalue weighted by atomic mass is 10.0. The van der Waals surface area contributed by atoms with Gasteiger partial charge in [0.1, 0.15) is 0 Å². The van der Waals surface area contributed by atoms with Gasteiger partial charge in [0.05, 0.1) is 6.61 Å². The molecule has 120 valence electrons. The molecule has 2 aliphatic rings. The largest absolute Gasteiger partial charge is 0.380 e. The van der Waals surface area contributed by atoms with Gasteiger partial charge in [-0.15, -0.1) is 0 Å². The highest BCUT2D eigenvalue weighted by atomic mass is 16.5. The first-order valence-corrected chi connectivity index (χ1v) is 8.37. The van der Waals surface area contributed by atoms with E-state index < -0.39 is 0 Å². The number of rotatable bonds is 6. The molecule has 0 aromatic heterocycles. The molecule has 1 aromatic carbocycles. The predicted octanol–water partition coefficient (Wildman–Crippen LogP) is 2.44. The van der Waals surface area contributed by atoms with Gasteiger partial charge in [0.25, 0.3) is 5.91 Å². The van der Waals surface area contributed by atoms with Crippen molar-refractivity contribution in [3.63, 3.8) is 0 Å². The average molecular weight is 302 g/mol. The molecule has 1 heterocycles. The van der Waals surface area contributed by atoms with Crippen LogP contribution in [0.4, 0.5) is 0 Å². The van der Waals surface area contributed by atoms with E-state index in [4.69, 9.17) is 4.74 Å². The maximum absolute atomic E-state index is 12.6. The molecular weight excluding hydrogens is 276 g/mol. The summed E-state index contributed by atoms with van der Waals surface area (Å²) in [4.78, 5) is 14.6. The quantitative estimate of drug-likeness (QED) is 0.877. The number of nitrogens with one attached hydrogen (secondary N) is 1. The minimum Gasteiger partial charge on any atom is -0.380 e. The molecule has 1 aliphatic heterocycles. The number of carbonyl (C=O) groups is 1. The van der Waals surface area contributed by atoms with Gasteiger partial charge in [-0.2, -0.15) is 0 Å². The molecule has 4 nitrogen and oxygen atoms in total. The predicted molar refractivity (Wildman–Crippen MR) is 86.8 cm³/mol. The minimum atomic E-state index is 0.151. The Hall–Kier alpha value is -1.39. The van der Waals surface area contributed by atoms with Gasteiger partial charge in [-0.3, -0.25) is 4.79 Å². The van der Waals surface area contributed by atoms with Crippen molar-refractivity contribution in [2.45, 2.75) is 38.3 Å². The molecule has 1 aromatic rings. The molecule has 1 aliphatic carbocycles. The van der Waals surface area contributed by atoms with Gasteiger partial charge in [0.15, 0.2) is 0 Å². The topological polar surface area (TPSA) is 41.6 Å². The zero-order valence-electron chi connectivity index (χ0n) is 13.4. The summed E-state index contributed by atoms with van der Waals surface area (Å²) >= 11 is 0. The van der Waals surface area contributed by atoms with Crippen LogP contribution in [0, 0.1) is 5.92 Å². The van der Waals surface area contributed by atoms with Crippen molar-refractivity contribution < 1.29 is 9.53 Å². The van der Waals surface area contributed by atoms with Crippen molar-refractivity contribution >= 4 is 5.91 Å². The van der Waals surface area contributed by atoms with E-state index in [1.807, 2.05) is 29.2 Å². The molecule has 0 atom stereocenters. The van der Waals surface area contributed by atoms with Gasteiger partial charge < -0.3 is 15.0 Å². The molecular formula is C18H26N2O2. The lowest BCUT2D eigenvalue weighted by Gasteiger charge is -2.32. The zero-order valence-corrected chi connectivity index (χ0v) is 13.4. The van der Waals surface area contributed by atoms with E-state index in [2.05, 4.69) is 5.32 Å². The first-order valence-electron chi connectivity index (χ1n) is 8.37. The molecule has 0 bridgehead atoms. The highest BCUT2D eigenvalue weighted by molar-refractivity contribution is 5.94. The monoisotopic (exact) mass is 302 g/mol. The second kappa shape index (κ2) is 7.25. The Morgan fingerprint density at radius 1 is 1.27 bits per heavy atom. The molecule has 0 radical (unpaired) electrons. The maximum atomic E-state index is 12.6. The van der Waals surface area contributed by atoms with Gasteiger partial charge >= 0.3 is 0 Å². The molecule has 1 saturated heterocycles. The number of amides is 1. The summed E-state index contributed by atoms with van der Waals surface area (Å²) in [6.07, 6.45) is 4.91. The molecule has 3 rings (SSSR count). The number of carbonyl (C=O) groups excluding carboxylic acids is 1. The standard InChI is InChI=1S/C18H26N2O2/c1-22-13-15-3-2-4-16(11-15)18(21)20-9-7-17(8-10-20)19-12-14-5-6-14/h2-4,11,14,17,19H,5-10,12-13H2,1H3. The number of ether oxygens (including phenoxy) is 1. The van der Waals surface area contributed by atoms with Crippen LogP contribution in [0.2, 0.25) is 0 Å². The average Bonchev–Trinajstić information content (AvgIpc) is 3.38. The van der Waals surface area contributed by atoms with E-state index in [1.54, 1.807) is 7.11 Å². The second-order valence-corrected chi connectivity index (χ2v) is 6.55. The van der Waals surface area contributed by atoms with Crippen molar-refractivity contribution in [2.75, 3.05) is 26.7 Å². The maximum Gasteiger partial charge on any atom is 0.253 e. The molecule has 4 heteroatoms. The molecule has 0 spiro atoms. The molecule has 1 saturated carbocycles. The van der Waals surface area contributed by atoms with E-state index in [9.17, 15) is 4.79 Å². The number of hydrogen-bond donors (Lipinski definition) is 1. The Bertz CT molecular complexity index is 506. The Kier molecular flexibility index (Phi) is 5.11. The summed E-state index contributed by atoms with van der Waals surface area (Å²) in [6, 6.07) is 8.37. The minimum absolute atomic E-state index is 0.151. The summed E-state index contributed by atoms with van der Waals surface area (Å²) < 4.78 is 5.14. The van der Waals surface area contributed by atoms with Gasteiger partial charge in [0.2, 0.25) is 0 Å². The number of likely N-dealkylation sites (tertiary alicyclic amines) is 1. The van der Waals surface area contributed by atoms with Crippen molar-refractivity contribution in [2.24, 2.45) is 5.92 Å². The molecule has 1 N–H and O–H groups in total. The summed E-state index contributed by atoms with van der Waals surface area (Å²) in [5.41, 5.74) is 1.83. The normalized spacial score (nSPS) is 19.4. The lowest BCUT2D eigenvalue weighted by Crippen LogP contribution is -2.45. The van der Waals surface area contributed by atoms with E-state index in [1.165, 1.54) is 12.8 Å². The Morgan fingerprint density at radius 2 is 2.05 bits per heavy atom. The van der Waals surface area contributed by atoms with Crippen molar-refractivity contribution in [3.05, 3.63) is 35.4 Å². The first-order chi connectivity index (χ1) is 10.8. The zero-order chi connectivity index (χ0) is 15.4. The highest BCUT2D eigenvalue weighted by Crippen LogP contribution is 2.28. The Balaban J connectivity index is 1.51. The van der Waals surface area contributed by atoms with Gasteiger partial charge in [0, 0.05) is 31.8 Å². The number of methoxy groups -OCH3 is 1.